The minimum absolute atomic E-state index is 0.0201. The Kier molecular flexibility index (Phi) is 5.02. The quantitative estimate of drug-likeness (QED) is 0.567. The SMILES string of the molecule is CO[Si]1(CBr)OC(C)COCC(C)O1. The number of rotatable bonds is 2. The van der Waals surface area contributed by atoms with Crippen molar-refractivity contribution in [2.45, 2.75) is 26.1 Å². The van der Waals surface area contributed by atoms with Crippen LogP contribution in [0.2, 0.25) is 0 Å². The van der Waals surface area contributed by atoms with Gasteiger partial charge in [-0.05, 0) is 13.8 Å². The van der Waals surface area contributed by atoms with E-state index >= 15 is 0 Å². The van der Waals surface area contributed by atoms with Gasteiger partial charge in [0.25, 0.3) is 0 Å². The van der Waals surface area contributed by atoms with E-state index in [1.165, 1.54) is 0 Å². The normalized spacial score (nSPS) is 40.3. The van der Waals surface area contributed by atoms with Crippen LogP contribution in [0.5, 0.6) is 0 Å². The van der Waals surface area contributed by atoms with Crippen LogP contribution in [-0.2, 0) is 18.0 Å². The zero-order chi connectivity index (χ0) is 10.6. The molecule has 0 N–H and O–H groups in total. The predicted octanol–water partition coefficient (Wildman–Crippen LogP) is 1.35. The summed E-state index contributed by atoms with van der Waals surface area (Å²) in [6.07, 6.45) is 0.0401. The zero-order valence-corrected chi connectivity index (χ0v) is 11.4. The molecule has 6 heteroatoms. The standard InChI is InChI=1S/C8H17BrO4Si/c1-7-4-11-5-8(2)13-14(6-9,10-3)12-7/h7-8H,4-6H2,1-3H3. The molecule has 0 aromatic carbocycles. The Hall–Kier alpha value is 0.537. The first-order valence-corrected chi connectivity index (χ1v) is 7.71. The Morgan fingerprint density at radius 3 is 2.14 bits per heavy atom. The van der Waals surface area contributed by atoms with Gasteiger partial charge in [-0.1, -0.05) is 15.9 Å². The summed E-state index contributed by atoms with van der Waals surface area (Å²) < 4.78 is 22.3. The van der Waals surface area contributed by atoms with Crippen molar-refractivity contribution in [2.75, 3.05) is 25.3 Å². The maximum Gasteiger partial charge on any atom is 0.512 e. The zero-order valence-electron chi connectivity index (χ0n) is 8.79. The third-order valence-electron chi connectivity index (χ3n) is 1.94. The van der Waals surface area contributed by atoms with E-state index in [-0.39, 0.29) is 12.2 Å². The fourth-order valence-corrected chi connectivity index (χ4v) is 4.65. The Balaban J connectivity index is 2.67. The molecule has 0 spiro atoms. The lowest BCUT2D eigenvalue weighted by atomic mass is 10.4. The summed E-state index contributed by atoms with van der Waals surface area (Å²) in [5, 5.41) is 0. The number of hydrogen-bond acceptors (Lipinski definition) is 4. The summed E-state index contributed by atoms with van der Waals surface area (Å²) in [6.45, 7) is 5.11. The molecule has 4 nitrogen and oxygen atoms in total. The summed E-state index contributed by atoms with van der Waals surface area (Å²) >= 11 is 3.39. The molecular formula is C8H17BrO4Si. The van der Waals surface area contributed by atoms with Gasteiger partial charge in [-0.2, -0.15) is 0 Å². The molecule has 0 radical (unpaired) electrons. The van der Waals surface area contributed by atoms with E-state index < -0.39 is 8.80 Å². The first kappa shape index (κ1) is 12.6. The molecule has 0 aliphatic carbocycles. The second kappa shape index (κ2) is 5.57. The highest BCUT2D eigenvalue weighted by Gasteiger charge is 2.43. The first-order valence-electron chi connectivity index (χ1n) is 4.66. The van der Waals surface area contributed by atoms with Crippen molar-refractivity contribution >= 4 is 24.7 Å². The molecular weight excluding hydrogens is 268 g/mol. The van der Waals surface area contributed by atoms with E-state index in [1.54, 1.807) is 7.11 Å². The van der Waals surface area contributed by atoms with E-state index in [4.69, 9.17) is 18.0 Å². The van der Waals surface area contributed by atoms with Crippen LogP contribution in [0.1, 0.15) is 13.8 Å². The topological polar surface area (TPSA) is 36.9 Å². The van der Waals surface area contributed by atoms with Crippen molar-refractivity contribution in [3.05, 3.63) is 0 Å². The van der Waals surface area contributed by atoms with E-state index in [2.05, 4.69) is 15.9 Å². The Bertz CT molecular complexity index is 163. The molecule has 1 rings (SSSR count). The molecule has 2 unspecified atom stereocenters. The van der Waals surface area contributed by atoms with Crippen molar-refractivity contribution in [1.82, 2.24) is 0 Å². The van der Waals surface area contributed by atoms with Gasteiger partial charge in [0.15, 0.2) is 0 Å². The lowest BCUT2D eigenvalue weighted by Crippen LogP contribution is -2.54. The van der Waals surface area contributed by atoms with Gasteiger partial charge in [-0.15, -0.1) is 0 Å². The molecule has 0 amide bonds. The Morgan fingerprint density at radius 2 is 1.79 bits per heavy atom. The molecule has 1 saturated heterocycles. The molecule has 1 heterocycles. The highest BCUT2D eigenvalue weighted by atomic mass is 79.9. The molecule has 1 aliphatic rings. The summed E-state index contributed by atoms with van der Waals surface area (Å²) in [7, 11) is -0.868. The minimum atomic E-state index is -2.50. The van der Waals surface area contributed by atoms with Crippen LogP contribution in [0.25, 0.3) is 0 Å². The van der Waals surface area contributed by atoms with E-state index in [9.17, 15) is 0 Å². The Labute approximate surface area is 94.4 Å². The van der Waals surface area contributed by atoms with Crippen molar-refractivity contribution < 1.29 is 18.0 Å². The van der Waals surface area contributed by atoms with Crippen LogP contribution in [0, 0.1) is 0 Å². The molecule has 0 bridgehead atoms. The second-order valence-electron chi connectivity index (χ2n) is 3.42. The van der Waals surface area contributed by atoms with E-state index in [1.807, 2.05) is 13.8 Å². The Morgan fingerprint density at radius 1 is 1.29 bits per heavy atom. The van der Waals surface area contributed by atoms with Gasteiger partial charge in [0.05, 0.1) is 30.4 Å². The molecule has 1 fully saturated rings. The van der Waals surface area contributed by atoms with Gasteiger partial charge in [-0.25, -0.2) is 0 Å². The van der Waals surface area contributed by atoms with Gasteiger partial charge in [-0.3, -0.25) is 0 Å². The lowest BCUT2D eigenvalue weighted by Gasteiger charge is -2.34. The molecule has 84 valence electrons. The van der Waals surface area contributed by atoms with Crippen molar-refractivity contribution in [3.8, 4) is 0 Å². The monoisotopic (exact) mass is 284 g/mol. The number of halogens is 1. The molecule has 0 aromatic rings. The lowest BCUT2D eigenvalue weighted by molar-refractivity contribution is -0.0648. The van der Waals surface area contributed by atoms with Crippen LogP contribution < -0.4 is 0 Å². The molecule has 0 aromatic heterocycles. The smallest absolute Gasteiger partial charge is 0.376 e. The van der Waals surface area contributed by atoms with E-state index in [0.29, 0.717) is 18.2 Å². The maximum absolute atomic E-state index is 5.77. The van der Waals surface area contributed by atoms with Crippen molar-refractivity contribution in [3.63, 3.8) is 0 Å². The largest absolute Gasteiger partial charge is 0.512 e. The van der Waals surface area contributed by atoms with Crippen LogP contribution in [0.3, 0.4) is 0 Å². The third-order valence-corrected chi connectivity index (χ3v) is 6.47. The fraction of sp³-hybridized carbons (Fsp3) is 1.00. The highest BCUT2D eigenvalue weighted by Crippen LogP contribution is 2.19. The van der Waals surface area contributed by atoms with Crippen LogP contribution >= 0.6 is 15.9 Å². The second-order valence-corrected chi connectivity index (χ2v) is 7.61. The average molecular weight is 285 g/mol. The summed E-state index contributed by atoms with van der Waals surface area (Å²) in [5.41, 5.74) is 0. The molecule has 0 saturated carbocycles. The van der Waals surface area contributed by atoms with Crippen LogP contribution in [0.15, 0.2) is 0 Å². The number of ether oxygens (including phenoxy) is 1. The molecule has 2 atom stereocenters. The molecule has 14 heavy (non-hydrogen) atoms. The highest BCUT2D eigenvalue weighted by molar-refractivity contribution is 9.09. The van der Waals surface area contributed by atoms with E-state index in [0.717, 1.165) is 0 Å². The molecule has 1 aliphatic heterocycles. The summed E-state index contributed by atoms with van der Waals surface area (Å²) in [5.74, 6) is 0. The average Bonchev–Trinajstić information content (AvgIpc) is 2.14. The van der Waals surface area contributed by atoms with Crippen LogP contribution in [0.4, 0.5) is 0 Å². The number of hydrogen-bond donors (Lipinski definition) is 0. The minimum Gasteiger partial charge on any atom is -0.376 e. The van der Waals surface area contributed by atoms with Crippen LogP contribution in [-0.4, -0.2) is 46.3 Å². The predicted molar refractivity (Wildman–Crippen MR) is 58.5 cm³/mol. The van der Waals surface area contributed by atoms with Crippen molar-refractivity contribution in [2.24, 2.45) is 0 Å². The van der Waals surface area contributed by atoms with Gasteiger partial charge >= 0.3 is 8.80 Å². The first-order chi connectivity index (χ1) is 6.62. The van der Waals surface area contributed by atoms with Gasteiger partial charge in [0, 0.05) is 7.11 Å². The summed E-state index contributed by atoms with van der Waals surface area (Å²) in [4.78, 5) is 0.616. The van der Waals surface area contributed by atoms with Crippen molar-refractivity contribution in [1.29, 1.82) is 0 Å². The maximum atomic E-state index is 5.77. The van der Waals surface area contributed by atoms with Gasteiger partial charge in [0.1, 0.15) is 0 Å². The number of alkyl halides is 1. The third kappa shape index (κ3) is 3.29. The van der Waals surface area contributed by atoms with Gasteiger partial charge < -0.3 is 18.0 Å². The summed E-state index contributed by atoms with van der Waals surface area (Å²) in [6, 6.07) is 0. The fourth-order valence-electron chi connectivity index (χ4n) is 1.32. The van der Waals surface area contributed by atoms with Gasteiger partial charge in [0.2, 0.25) is 0 Å².